The van der Waals surface area contributed by atoms with Gasteiger partial charge in [-0.25, -0.2) is 13.4 Å². The molecule has 0 aliphatic rings. The van der Waals surface area contributed by atoms with E-state index in [-0.39, 0.29) is 17.5 Å². The Balaban J connectivity index is 1.95. The number of carbonyl (C=O) groups excluding carboxylic acids is 1. The van der Waals surface area contributed by atoms with E-state index in [1.165, 1.54) is 0 Å². The summed E-state index contributed by atoms with van der Waals surface area (Å²) in [4.78, 5) is 15.8. The van der Waals surface area contributed by atoms with Gasteiger partial charge in [0.15, 0.2) is 5.13 Å². The van der Waals surface area contributed by atoms with Crippen LogP contribution in [0, 0.1) is 0 Å². The van der Waals surface area contributed by atoms with Crippen LogP contribution in [-0.4, -0.2) is 25.6 Å². The lowest BCUT2D eigenvalue weighted by Crippen LogP contribution is -2.14. The minimum Gasteiger partial charge on any atom is -0.326 e. The average Bonchev–Trinajstić information content (AvgIpc) is 2.75. The Morgan fingerprint density at radius 2 is 2.00 bits per heavy atom. The van der Waals surface area contributed by atoms with E-state index in [9.17, 15) is 13.2 Å². The highest BCUT2D eigenvalue weighted by Gasteiger charge is 2.10. The standard InChI is InChI=1S/C12H13N3O3S2/c1-20(17,18)15-12-14-10(8-19-12)7-11(16)13-9-5-3-2-4-6-9/h2-6,8H,7H2,1H3,(H,13,16)(H,14,15). The summed E-state index contributed by atoms with van der Waals surface area (Å²) in [7, 11) is -3.34. The normalized spacial score (nSPS) is 11.1. The first-order valence-corrected chi connectivity index (χ1v) is 8.46. The van der Waals surface area contributed by atoms with Crippen LogP contribution in [0.25, 0.3) is 0 Å². The lowest BCUT2D eigenvalue weighted by molar-refractivity contribution is -0.115. The van der Waals surface area contributed by atoms with E-state index in [0.717, 1.165) is 17.6 Å². The number of nitrogens with zero attached hydrogens (tertiary/aromatic N) is 1. The summed E-state index contributed by atoms with van der Waals surface area (Å²) in [6.07, 6.45) is 1.15. The van der Waals surface area contributed by atoms with Gasteiger partial charge in [0.05, 0.1) is 18.4 Å². The van der Waals surface area contributed by atoms with Gasteiger partial charge < -0.3 is 5.32 Å². The molecule has 0 spiro atoms. The molecule has 2 N–H and O–H groups in total. The Hall–Kier alpha value is -1.93. The molecule has 0 aliphatic carbocycles. The van der Waals surface area contributed by atoms with Crippen molar-refractivity contribution < 1.29 is 13.2 Å². The van der Waals surface area contributed by atoms with Crippen LogP contribution < -0.4 is 10.0 Å². The van der Waals surface area contributed by atoms with Crippen molar-refractivity contribution in [2.24, 2.45) is 0 Å². The number of amides is 1. The molecule has 0 bridgehead atoms. The molecule has 0 fully saturated rings. The predicted molar refractivity (Wildman–Crippen MR) is 79.4 cm³/mol. The lowest BCUT2D eigenvalue weighted by atomic mass is 10.3. The van der Waals surface area contributed by atoms with Crippen LogP contribution in [0.3, 0.4) is 0 Å². The molecule has 1 aromatic heterocycles. The van der Waals surface area contributed by atoms with Crippen LogP contribution in [0.4, 0.5) is 10.8 Å². The molecule has 0 saturated carbocycles. The molecule has 1 heterocycles. The number of benzene rings is 1. The van der Waals surface area contributed by atoms with E-state index in [1.54, 1.807) is 17.5 Å². The van der Waals surface area contributed by atoms with Gasteiger partial charge >= 0.3 is 0 Å². The predicted octanol–water partition coefficient (Wildman–Crippen LogP) is 1.70. The zero-order valence-corrected chi connectivity index (χ0v) is 12.3. The second-order valence-corrected chi connectivity index (χ2v) is 6.72. The molecule has 20 heavy (non-hydrogen) atoms. The summed E-state index contributed by atoms with van der Waals surface area (Å²) in [6, 6.07) is 9.09. The van der Waals surface area contributed by atoms with Crippen molar-refractivity contribution in [3.05, 3.63) is 41.4 Å². The fourth-order valence-corrected chi connectivity index (χ4v) is 3.05. The van der Waals surface area contributed by atoms with Gasteiger partial charge in [0.2, 0.25) is 15.9 Å². The number of rotatable bonds is 5. The fourth-order valence-electron chi connectivity index (χ4n) is 1.48. The number of hydrogen-bond donors (Lipinski definition) is 2. The van der Waals surface area contributed by atoms with E-state index < -0.39 is 10.0 Å². The Bertz CT molecular complexity index is 696. The monoisotopic (exact) mass is 311 g/mol. The molecule has 2 rings (SSSR count). The molecule has 0 aliphatic heterocycles. The van der Waals surface area contributed by atoms with E-state index >= 15 is 0 Å². The smallest absolute Gasteiger partial charge is 0.231 e. The minimum absolute atomic E-state index is 0.0941. The van der Waals surface area contributed by atoms with Crippen LogP contribution in [-0.2, 0) is 21.2 Å². The maximum Gasteiger partial charge on any atom is 0.231 e. The summed E-state index contributed by atoms with van der Waals surface area (Å²) in [5.41, 5.74) is 1.23. The average molecular weight is 311 g/mol. The molecule has 0 atom stereocenters. The first kappa shape index (κ1) is 14.5. The number of para-hydroxylation sites is 1. The Kier molecular flexibility index (Phi) is 4.35. The fraction of sp³-hybridized carbons (Fsp3) is 0.167. The molecule has 106 valence electrons. The highest BCUT2D eigenvalue weighted by molar-refractivity contribution is 7.92. The topological polar surface area (TPSA) is 88.2 Å². The third kappa shape index (κ3) is 4.63. The van der Waals surface area contributed by atoms with Crippen molar-refractivity contribution in [3.63, 3.8) is 0 Å². The zero-order chi connectivity index (χ0) is 14.6. The summed E-state index contributed by atoms with van der Waals surface area (Å²) in [5, 5.41) is 4.65. The van der Waals surface area contributed by atoms with Gasteiger partial charge in [-0.1, -0.05) is 18.2 Å². The second kappa shape index (κ2) is 6.02. The molecule has 2 aromatic rings. The lowest BCUT2D eigenvalue weighted by Gasteiger charge is -2.03. The first-order valence-electron chi connectivity index (χ1n) is 5.69. The number of aromatic nitrogens is 1. The summed E-state index contributed by atoms with van der Waals surface area (Å²) in [6.45, 7) is 0. The highest BCUT2D eigenvalue weighted by atomic mass is 32.2. The molecule has 0 radical (unpaired) electrons. The van der Waals surface area contributed by atoms with Crippen LogP contribution in [0.1, 0.15) is 5.69 Å². The molecule has 0 unspecified atom stereocenters. The van der Waals surface area contributed by atoms with E-state index in [1.807, 2.05) is 18.2 Å². The van der Waals surface area contributed by atoms with Crippen molar-refractivity contribution in [2.75, 3.05) is 16.3 Å². The minimum atomic E-state index is -3.34. The summed E-state index contributed by atoms with van der Waals surface area (Å²) in [5.74, 6) is -0.201. The third-order valence-corrected chi connectivity index (χ3v) is 3.72. The molecular formula is C12H13N3O3S2. The zero-order valence-electron chi connectivity index (χ0n) is 10.7. The maximum absolute atomic E-state index is 11.8. The molecule has 1 amide bonds. The van der Waals surface area contributed by atoms with Crippen LogP contribution in [0.15, 0.2) is 35.7 Å². The maximum atomic E-state index is 11.8. The van der Waals surface area contributed by atoms with Crippen molar-refractivity contribution in [2.45, 2.75) is 6.42 Å². The molecule has 1 aromatic carbocycles. The second-order valence-electron chi connectivity index (χ2n) is 4.11. The first-order chi connectivity index (χ1) is 9.42. The van der Waals surface area contributed by atoms with Gasteiger partial charge in [-0.2, -0.15) is 0 Å². The van der Waals surface area contributed by atoms with Gasteiger partial charge in [-0.3, -0.25) is 9.52 Å². The number of nitrogens with one attached hydrogen (secondary N) is 2. The van der Waals surface area contributed by atoms with Gasteiger partial charge in [-0.05, 0) is 12.1 Å². The van der Waals surface area contributed by atoms with Crippen molar-refractivity contribution >= 4 is 38.1 Å². The van der Waals surface area contributed by atoms with Crippen LogP contribution >= 0.6 is 11.3 Å². The van der Waals surface area contributed by atoms with E-state index in [4.69, 9.17) is 0 Å². The molecule has 6 nitrogen and oxygen atoms in total. The molecule has 0 saturated heterocycles. The Labute approximate surface area is 120 Å². The van der Waals surface area contributed by atoms with Crippen molar-refractivity contribution in [3.8, 4) is 0 Å². The van der Waals surface area contributed by atoms with E-state index in [2.05, 4.69) is 15.0 Å². The SMILES string of the molecule is CS(=O)(=O)Nc1nc(CC(=O)Nc2ccccc2)cs1. The van der Waals surface area contributed by atoms with Gasteiger partial charge in [0.1, 0.15) is 0 Å². The van der Waals surface area contributed by atoms with Crippen LogP contribution in [0.2, 0.25) is 0 Å². The van der Waals surface area contributed by atoms with Gasteiger partial charge in [-0.15, -0.1) is 11.3 Å². The number of thiazole rings is 1. The number of anilines is 2. The quantitative estimate of drug-likeness (QED) is 0.879. The van der Waals surface area contributed by atoms with Crippen molar-refractivity contribution in [1.82, 2.24) is 4.98 Å². The molecular weight excluding hydrogens is 298 g/mol. The number of sulfonamides is 1. The number of hydrogen-bond acceptors (Lipinski definition) is 5. The highest BCUT2D eigenvalue weighted by Crippen LogP contribution is 2.17. The molecule has 8 heteroatoms. The van der Waals surface area contributed by atoms with E-state index in [0.29, 0.717) is 11.4 Å². The third-order valence-electron chi connectivity index (χ3n) is 2.22. The summed E-state index contributed by atoms with van der Waals surface area (Å²) < 4.78 is 24.4. The largest absolute Gasteiger partial charge is 0.326 e. The number of carbonyl (C=O) groups is 1. The van der Waals surface area contributed by atoms with Gasteiger partial charge in [0, 0.05) is 11.1 Å². The Morgan fingerprint density at radius 3 is 2.65 bits per heavy atom. The van der Waals surface area contributed by atoms with Crippen LogP contribution in [0.5, 0.6) is 0 Å². The van der Waals surface area contributed by atoms with Crippen molar-refractivity contribution in [1.29, 1.82) is 0 Å². The Morgan fingerprint density at radius 1 is 1.30 bits per heavy atom. The summed E-state index contributed by atoms with van der Waals surface area (Å²) >= 11 is 1.14. The van der Waals surface area contributed by atoms with Gasteiger partial charge in [0.25, 0.3) is 0 Å².